The molecule has 1 aliphatic carbocycles. The molecule has 2 aliphatic rings. The maximum Gasteiger partial charge on any atom is 0.283 e. The first kappa shape index (κ1) is 17.9. The molecular weight excluding hydrogens is 360 g/mol. The van der Waals surface area contributed by atoms with Crippen molar-refractivity contribution in [3.63, 3.8) is 0 Å². The number of thioether (sulfide) groups is 2. The molecular formula is C16H18N4O3S2. The van der Waals surface area contributed by atoms with Crippen molar-refractivity contribution in [3.05, 3.63) is 33.9 Å². The van der Waals surface area contributed by atoms with Gasteiger partial charge in [-0.15, -0.1) is 16.9 Å². The summed E-state index contributed by atoms with van der Waals surface area (Å²) in [6.07, 6.45) is 7.35. The maximum absolute atomic E-state index is 11.4. The lowest BCUT2D eigenvalue weighted by atomic mass is 10.0. The van der Waals surface area contributed by atoms with Gasteiger partial charge in [0.15, 0.2) is 5.17 Å². The summed E-state index contributed by atoms with van der Waals surface area (Å²) in [5.41, 5.74) is 0.717. The summed E-state index contributed by atoms with van der Waals surface area (Å²) in [6, 6.07) is 5.12. The highest BCUT2D eigenvalue weighted by Gasteiger charge is 2.21. The Kier molecular flexibility index (Phi) is 6.09. The van der Waals surface area contributed by atoms with Crippen LogP contribution in [0.15, 0.2) is 33.3 Å². The monoisotopic (exact) mass is 378 g/mol. The molecule has 0 unspecified atom stereocenters. The van der Waals surface area contributed by atoms with Crippen molar-refractivity contribution in [2.75, 3.05) is 5.75 Å². The Morgan fingerprint density at radius 2 is 2.12 bits per heavy atom. The Morgan fingerprint density at radius 1 is 1.32 bits per heavy atom. The summed E-state index contributed by atoms with van der Waals surface area (Å²) in [4.78, 5) is 22.8. The second-order valence-corrected chi connectivity index (χ2v) is 8.15. The lowest BCUT2D eigenvalue weighted by Gasteiger charge is -2.20. The molecule has 1 amide bonds. The van der Waals surface area contributed by atoms with Gasteiger partial charge in [-0.05, 0) is 18.9 Å². The van der Waals surface area contributed by atoms with E-state index in [4.69, 9.17) is 0 Å². The smallest absolute Gasteiger partial charge is 0.283 e. The summed E-state index contributed by atoms with van der Waals surface area (Å²) in [5, 5.41) is 22.7. The van der Waals surface area contributed by atoms with Crippen LogP contribution in [0.2, 0.25) is 0 Å². The molecule has 0 atom stereocenters. The number of nitrogens with zero attached hydrogens (tertiary/aromatic N) is 3. The predicted molar refractivity (Wildman–Crippen MR) is 101 cm³/mol. The van der Waals surface area contributed by atoms with Crippen molar-refractivity contribution in [2.24, 2.45) is 10.2 Å². The van der Waals surface area contributed by atoms with E-state index >= 15 is 0 Å². The van der Waals surface area contributed by atoms with Crippen LogP contribution in [0, 0.1) is 10.1 Å². The van der Waals surface area contributed by atoms with Gasteiger partial charge in [-0.3, -0.25) is 14.9 Å². The molecule has 132 valence electrons. The molecule has 1 saturated heterocycles. The van der Waals surface area contributed by atoms with Crippen LogP contribution in [0.3, 0.4) is 0 Å². The molecule has 2 fully saturated rings. The molecule has 1 aromatic carbocycles. The highest BCUT2D eigenvalue weighted by Crippen LogP contribution is 2.38. The summed E-state index contributed by atoms with van der Waals surface area (Å²) < 4.78 is 0. The van der Waals surface area contributed by atoms with E-state index in [-0.39, 0.29) is 16.5 Å². The third kappa shape index (κ3) is 5.05. The first-order valence-electron chi connectivity index (χ1n) is 8.10. The summed E-state index contributed by atoms with van der Waals surface area (Å²) in [7, 11) is 0. The van der Waals surface area contributed by atoms with E-state index in [2.05, 4.69) is 15.5 Å². The predicted octanol–water partition coefficient (Wildman–Crippen LogP) is 3.57. The molecule has 1 aliphatic heterocycles. The van der Waals surface area contributed by atoms with Crippen LogP contribution in [0.25, 0.3) is 0 Å². The third-order valence-electron chi connectivity index (χ3n) is 3.97. The fourth-order valence-electron chi connectivity index (χ4n) is 2.75. The topological polar surface area (TPSA) is 97.0 Å². The van der Waals surface area contributed by atoms with Crippen LogP contribution in [0.1, 0.15) is 37.7 Å². The lowest BCUT2D eigenvalue weighted by Crippen LogP contribution is -2.19. The minimum atomic E-state index is -0.346. The van der Waals surface area contributed by atoms with E-state index in [0.717, 1.165) is 12.8 Å². The normalized spacial score (nSPS) is 20.3. The van der Waals surface area contributed by atoms with Gasteiger partial charge in [0.2, 0.25) is 5.91 Å². The molecule has 0 aromatic heterocycles. The van der Waals surface area contributed by atoms with Crippen LogP contribution in [0.5, 0.6) is 0 Å². The quantitative estimate of drug-likeness (QED) is 0.480. The first-order chi connectivity index (χ1) is 12.1. The van der Waals surface area contributed by atoms with Gasteiger partial charge < -0.3 is 5.32 Å². The van der Waals surface area contributed by atoms with Crippen LogP contribution < -0.4 is 5.32 Å². The number of nitro benzene ring substituents is 1. The van der Waals surface area contributed by atoms with E-state index in [1.807, 2.05) is 6.07 Å². The molecule has 9 heteroatoms. The van der Waals surface area contributed by atoms with Crippen molar-refractivity contribution < 1.29 is 9.72 Å². The van der Waals surface area contributed by atoms with Crippen molar-refractivity contribution in [3.8, 4) is 0 Å². The standard InChI is InChI=1S/C16H18N4O3S2/c21-15-10-24-16(18-15)19-17-9-11-6-7-14(13(8-11)20(22)23)25-12-4-2-1-3-5-12/h6-9,12H,1-5,10H2,(H,18,19,21). The van der Waals surface area contributed by atoms with Gasteiger partial charge in [-0.1, -0.05) is 37.1 Å². The zero-order valence-corrected chi connectivity index (χ0v) is 15.1. The Morgan fingerprint density at radius 3 is 2.80 bits per heavy atom. The maximum atomic E-state index is 11.4. The van der Waals surface area contributed by atoms with Crippen LogP contribution in [0.4, 0.5) is 5.69 Å². The SMILES string of the molecule is O=C1CSC(=NN=Cc2ccc(SC3CCCCC3)c([N+](=O)[O-])c2)N1. The van der Waals surface area contributed by atoms with Crippen molar-refractivity contribution >= 4 is 46.5 Å². The molecule has 25 heavy (non-hydrogen) atoms. The molecule has 1 aromatic rings. The Labute approximate surface area is 153 Å². The number of carbonyl (C=O) groups excluding carboxylic acids is 1. The molecule has 0 radical (unpaired) electrons. The average Bonchev–Trinajstić information content (AvgIpc) is 3.02. The van der Waals surface area contributed by atoms with Gasteiger partial charge in [0.1, 0.15) is 0 Å². The highest BCUT2D eigenvalue weighted by molar-refractivity contribution is 8.15. The van der Waals surface area contributed by atoms with E-state index in [0.29, 0.717) is 26.6 Å². The van der Waals surface area contributed by atoms with Gasteiger partial charge in [0, 0.05) is 16.9 Å². The molecule has 0 spiro atoms. The minimum absolute atomic E-state index is 0.0984. The Bertz CT molecular complexity index is 730. The summed E-state index contributed by atoms with van der Waals surface area (Å²) >= 11 is 2.89. The first-order valence-corrected chi connectivity index (χ1v) is 9.97. The van der Waals surface area contributed by atoms with Crippen LogP contribution >= 0.6 is 23.5 Å². The van der Waals surface area contributed by atoms with Gasteiger partial charge in [0.25, 0.3) is 5.69 Å². The molecule has 1 heterocycles. The zero-order chi connectivity index (χ0) is 17.6. The van der Waals surface area contributed by atoms with Crippen molar-refractivity contribution in [1.29, 1.82) is 0 Å². The van der Waals surface area contributed by atoms with E-state index in [1.165, 1.54) is 43.3 Å². The summed E-state index contributed by atoms with van der Waals surface area (Å²) in [5.74, 6) is 0.242. The molecule has 3 rings (SSSR count). The number of amides is 1. The number of hydrogen-bond donors (Lipinski definition) is 1. The molecule has 1 saturated carbocycles. The lowest BCUT2D eigenvalue weighted by molar-refractivity contribution is -0.387. The number of benzene rings is 1. The Hall–Kier alpha value is -1.87. The van der Waals surface area contributed by atoms with E-state index in [1.54, 1.807) is 17.8 Å². The molecule has 0 bridgehead atoms. The van der Waals surface area contributed by atoms with Crippen LogP contribution in [-0.4, -0.2) is 33.2 Å². The molecule has 1 N–H and O–H groups in total. The highest BCUT2D eigenvalue weighted by atomic mass is 32.2. The fourth-order valence-corrected chi connectivity index (χ4v) is 4.71. The second kappa shape index (κ2) is 8.48. The van der Waals surface area contributed by atoms with Crippen LogP contribution in [-0.2, 0) is 4.79 Å². The average molecular weight is 378 g/mol. The number of carbonyl (C=O) groups is 1. The van der Waals surface area contributed by atoms with Gasteiger partial charge in [-0.25, -0.2) is 0 Å². The number of hydrogen-bond acceptors (Lipinski definition) is 7. The largest absolute Gasteiger partial charge is 0.303 e. The van der Waals surface area contributed by atoms with Crippen molar-refractivity contribution in [1.82, 2.24) is 5.32 Å². The zero-order valence-electron chi connectivity index (χ0n) is 13.5. The number of nitro groups is 1. The van der Waals surface area contributed by atoms with E-state index < -0.39 is 0 Å². The van der Waals surface area contributed by atoms with Gasteiger partial charge in [0.05, 0.1) is 21.8 Å². The number of amidine groups is 1. The van der Waals surface area contributed by atoms with Gasteiger partial charge in [-0.2, -0.15) is 5.10 Å². The number of rotatable bonds is 5. The van der Waals surface area contributed by atoms with Gasteiger partial charge >= 0.3 is 0 Å². The Balaban J connectivity index is 1.72. The molecule has 7 nitrogen and oxygen atoms in total. The minimum Gasteiger partial charge on any atom is -0.303 e. The second-order valence-electron chi connectivity index (χ2n) is 5.85. The summed E-state index contributed by atoms with van der Waals surface area (Å²) in [6.45, 7) is 0. The van der Waals surface area contributed by atoms with E-state index in [9.17, 15) is 14.9 Å². The third-order valence-corrected chi connectivity index (χ3v) is 6.23. The van der Waals surface area contributed by atoms with Crippen molar-refractivity contribution in [2.45, 2.75) is 42.2 Å². The fraction of sp³-hybridized carbons (Fsp3) is 0.438. The number of nitrogens with one attached hydrogen (secondary N) is 1.